The lowest BCUT2D eigenvalue weighted by Gasteiger charge is -2.27. The predicted molar refractivity (Wildman–Crippen MR) is 101 cm³/mol. The third-order valence-electron chi connectivity index (χ3n) is 5.07. The molecule has 1 saturated carbocycles. The maximum Gasteiger partial charge on any atom is 0.419 e. The van der Waals surface area contributed by atoms with E-state index in [2.05, 4.69) is 10.6 Å². The van der Waals surface area contributed by atoms with Gasteiger partial charge in [0.25, 0.3) is 0 Å². The van der Waals surface area contributed by atoms with Crippen molar-refractivity contribution in [2.24, 2.45) is 18.9 Å². The Balaban J connectivity index is 1.46. The van der Waals surface area contributed by atoms with E-state index < -0.39 is 5.76 Å². The van der Waals surface area contributed by atoms with Crippen LogP contribution in [0, 0.1) is 11.8 Å². The number of hydrogen-bond acceptors (Lipinski definition) is 5. The molecule has 8 nitrogen and oxygen atoms in total. The van der Waals surface area contributed by atoms with Crippen LogP contribution in [-0.2, 0) is 16.6 Å². The number of oxazole rings is 1. The molecule has 0 radical (unpaired) electrons. The van der Waals surface area contributed by atoms with E-state index in [0.29, 0.717) is 35.9 Å². The van der Waals surface area contributed by atoms with Crippen LogP contribution in [0.3, 0.4) is 0 Å². The van der Waals surface area contributed by atoms with Gasteiger partial charge in [-0.2, -0.15) is 0 Å². The summed E-state index contributed by atoms with van der Waals surface area (Å²) in [6.45, 7) is 2.79. The van der Waals surface area contributed by atoms with Gasteiger partial charge in [0.05, 0.1) is 18.0 Å². The van der Waals surface area contributed by atoms with Gasteiger partial charge in [-0.15, -0.1) is 0 Å². The summed E-state index contributed by atoms with van der Waals surface area (Å²) in [6.07, 6.45) is 3.39. The molecule has 0 unspecified atom stereocenters. The minimum Gasteiger partial charge on any atom is -0.466 e. The predicted octanol–water partition coefficient (Wildman–Crippen LogP) is 2.62. The van der Waals surface area contributed by atoms with Crippen LogP contribution in [0.2, 0.25) is 0 Å². The van der Waals surface area contributed by atoms with Gasteiger partial charge in [0.1, 0.15) is 0 Å². The van der Waals surface area contributed by atoms with Crippen LogP contribution in [-0.4, -0.2) is 29.7 Å². The number of aryl methyl sites for hydroxylation is 1. The lowest BCUT2D eigenvalue weighted by atomic mass is 9.82. The number of urea groups is 1. The molecule has 2 aromatic rings. The molecule has 1 aromatic heterocycles. The molecule has 146 valence electrons. The van der Waals surface area contributed by atoms with Crippen molar-refractivity contribution in [1.82, 2.24) is 9.88 Å². The summed E-state index contributed by atoms with van der Waals surface area (Å²) in [5, 5.41) is 5.62. The van der Waals surface area contributed by atoms with Crippen LogP contribution in [0.4, 0.5) is 10.5 Å². The summed E-state index contributed by atoms with van der Waals surface area (Å²) in [4.78, 5) is 35.4. The molecule has 27 heavy (non-hydrogen) atoms. The topological polar surface area (TPSA) is 103 Å². The molecule has 1 heterocycles. The van der Waals surface area contributed by atoms with E-state index in [9.17, 15) is 14.4 Å². The number of benzene rings is 1. The van der Waals surface area contributed by atoms with Crippen LogP contribution in [0.25, 0.3) is 11.1 Å². The Hall–Kier alpha value is -2.77. The van der Waals surface area contributed by atoms with Crippen molar-refractivity contribution in [1.29, 1.82) is 0 Å². The van der Waals surface area contributed by atoms with Crippen LogP contribution >= 0.6 is 0 Å². The number of nitrogens with one attached hydrogen (secondary N) is 2. The van der Waals surface area contributed by atoms with Gasteiger partial charge in [0.15, 0.2) is 5.58 Å². The second-order valence-electron chi connectivity index (χ2n) is 6.91. The molecule has 1 aromatic carbocycles. The first kappa shape index (κ1) is 19.0. The lowest BCUT2D eigenvalue weighted by molar-refractivity contribution is -0.149. The number of carbonyl (C=O) groups excluding carboxylic acids is 2. The molecule has 2 amide bonds. The normalized spacial score (nSPS) is 19.6. The maximum atomic E-state index is 12.1. The number of aromatic nitrogens is 1. The molecule has 0 saturated heterocycles. The molecule has 1 fully saturated rings. The molecule has 0 spiro atoms. The zero-order chi connectivity index (χ0) is 19.4. The second-order valence-corrected chi connectivity index (χ2v) is 6.91. The van der Waals surface area contributed by atoms with E-state index in [1.165, 1.54) is 4.57 Å². The molecule has 0 bridgehead atoms. The van der Waals surface area contributed by atoms with Gasteiger partial charge in [-0.25, -0.2) is 9.59 Å². The van der Waals surface area contributed by atoms with E-state index in [1.54, 1.807) is 25.2 Å². The summed E-state index contributed by atoms with van der Waals surface area (Å²) < 4.78 is 11.6. The third kappa shape index (κ3) is 4.50. The number of rotatable bonds is 5. The van der Waals surface area contributed by atoms with Gasteiger partial charge in [0.2, 0.25) is 0 Å². The number of fused-ring (bicyclic) bond motifs is 1. The quantitative estimate of drug-likeness (QED) is 0.782. The Morgan fingerprint density at radius 1 is 1.26 bits per heavy atom. The number of anilines is 1. The zero-order valence-electron chi connectivity index (χ0n) is 15.6. The minimum absolute atomic E-state index is 0.0118. The SMILES string of the molecule is CCOC(=O)C1CCC(CNC(=O)Nc2ccc3c(c2)oc(=O)n3C)CC1. The molecule has 2 N–H and O–H groups in total. The Morgan fingerprint density at radius 2 is 2.00 bits per heavy atom. The smallest absolute Gasteiger partial charge is 0.419 e. The number of hydrogen-bond donors (Lipinski definition) is 2. The Labute approximate surface area is 156 Å². The van der Waals surface area contributed by atoms with E-state index in [4.69, 9.17) is 9.15 Å². The fraction of sp³-hybridized carbons (Fsp3) is 0.526. The summed E-state index contributed by atoms with van der Waals surface area (Å²) in [6, 6.07) is 4.77. The van der Waals surface area contributed by atoms with Gasteiger partial charge in [-0.05, 0) is 50.7 Å². The van der Waals surface area contributed by atoms with Crippen molar-refractivity contribution >= 4 is 28.8 Å². The van der Waals surface area contributed by atoms with Crippen LogP contribution < -0.4 is 16.4 Å². The van der Waals surface area contributed by atoms with Crippen LogP contribution in [0.5, 0.6) is 0 Å². The van der Waals surface area contributed by atoms with Crippen molar-refractivity contribution < 1.29 is 18.7 Å². The Kier molecular flexibility index (Phi) is 5.83. The molecule has 0 aliphatic heterocycles. The second kappa shape index (κ2) is 8.28. The van der Waals surface area contributed by atoms with Gasteiger partial charge in [0, 0.05) is 25.3 Å². The van der Waals surface area contributed by atoms with Gasteiger partial charge < -0.3 is 19.8 Å². The Bertz CT molecular complexity index is 877. The molecule has 1 aliphatic rings. The van der Waals surface area contributed by atoms with E-state index in [0.717, 1.165) is 25.7 Å². The highest BCUT2D eigenvalue weighted by Crippen LogP contribution is 2.29. The van der Waals surface area contributed by atoms with E-state index in [1.807, 2.05) is 6.92 Å². The fourth-order valence-corrected chi connectivity index (χ4v) is 3.49. The number of amides is 2. The molecule has 3 rings (SSSR count). The van der Waals surface area contributed by atoms with Crippen molar-refractivity contribution in [2.75, 3.05) is 18.5 Å². The average Bonchev–Trinajstić information content (AvgIpc) is 2.94. The standard InChI is InChI=1S/C19H25N3O5/c1-3-26-17(23)13-6-4-12(5-7-13)11-20-18(24)21-14-8-9-15-16(10-14)27-19(25)22(15)2/h8-10,12-13H,3-7,11H2,1-2H3,(H2,20,21,24). The van der Waals surface area contributed by atoms with Crippen molar-refractivity contribution in [2.45, 2.75) is 32.6 Å². The molecular weight excluding hydrogens is 350 g/mol. The van der Waals surface area contributed by atoms with Gasteiger partial charge in [-0.1, -0.05) is 0 Å². The van der Waals surface area contributed by atoms with E-state index >= 15 is 0 Å². The monoisotopic (exact) mass is 375 g/mol. The fourth-order valence-electron chi connectivity index (χ4n) is 3.49. The molecule has 8 heteroatoms. The molecular formula is C19H25N3O5. The largest absolute Gasteiger partial charge is 0.466 e. The van der Waals surface area contributed by atoms with Gasteiger partial charge >= 0.3 is 17.8 Å². The Morgan fingerprint density at radius 3 is 2.70 bits per heavy atom. The first-order valence-corrected chi connectivity index (χ1v) is 9.29. The summed E-state index contributed by atoms with van der Waals surface area (Å²) in [7, 11) is 1.63. The number of esters is 1. The van der Waals surface area contributed by atoms with E-state index in [-0.39, 0.29) is 17.9 Å². The summed E-state index contributed by atoms with van der Waals surface area (Å²) in [5.41, 5.74) is 1.65. The number of nitrogens with zero attached hydrogens (tertiary/aromatic N) is 1. The third-order valence-corrected chi connectivity index (χ3v) is 5.07. The number of carbonyl (C=O) groups is 2. The zero-order valence-corrected chi connectivity index (χ0v) is 15.6. The van der Waals surface area contributed by atoms with Crippen molar-refractivity contribution in [3.8, 4) is 0 Å². The first-order chi connectivity index (χ1) is 13.0. The minimum atomic E-state index is -0.440. The summed E-state index contributed by atoms with van der Waals surface area (Å²) in [5.74, 6) is -0.201. The van der Waals surface area contributed by atoms with Crippen LogP contribution in [0.15, 0.2) is 27.4 Å². The highest BCUT2D eigenvalue weighted by molar-refractivity contribution is 5.91. The van der Waals surface area contributed by atoms with Crippen molar-refractivity contribution in [3.63, 3.8) is 0 Å². The highest BCUT2D eigenvalue weighted by Gasteiger charge is 2.27. The average molecular weight is 375 g/mol. The van der Waals surface area contributed by atoms with Gasteiger partial charge in [-0.3, -0.25) is 9.36 Å². The molecule has 1 aliphatic carbocycles. The molecule has 0 atom stereocenters. The maximum absolute atomic E-state index is 12.1. The lowest BCUT2D eigenvalue weighted by Crippen LogP contribution is -2.35. The first-order valence-electron chi connectivity index (χ1n) is 9.29. The highest BCUT2D eigenvalue weighted by atomic mass is 16.5. The van der Waals surface area contributed by atoms with Crippen molar-refractivity contribution in [3.05, 3.63) is 28.7 Å². The van der Waals surface area contributed by atoms with Crippen LogP contribution in [0.1, 0.15) is 32.6 Å². The summed E-state index contributed by atoms with van der Waals surface area (Å²) >= 11 is 0. The number of ether oxygens (including phenoxy) is 1.